The lowest BCUT2D eigenvalue weighted by Gasteiger charge is -2.24. The normalized spacial score (nSPS) is 14.4. The monoisotopic (exact) mass is 300 g/mol. The van der Waals surface area contributed by atoms with Crippen molar-refractivity contribution >= 4 is 15.9 Å². The fourth-order valence-electron chi connectivity index (χ4n) is 1.87. The first-order valence-electron chi connectivity index (χ1n) is 6.03. The molecule has 0 fully saturated rings. The summed E-state index contributed by atoms with van der Waals surface area (Å²) >= 11 is 3.51. The molecule has 1 N–H and O–H groups in total. The highest BCUT2D eigenvalue weighted by molar-refractivity contribution is 9.10. The molecular formula is C14H21BrO2. The van der Waals surface area contributed by atoms with Gasteiger partial charge in [0.2, 0.25) is 0 Å². The van der Waals surface area contributed by atoms with Crippen LogP contribution in [0.4, 0.5) is 0 Å². The van der Waals surface area contributed by atoms with Gasteiger partial charge < -0.3 is 9.84 Å². The summed E-state index contributed by atoms with van der Waals surface area (Å²) in [5.74, 6) is 0.828. The van der Waals surface area contributed by atoms with E-state index in [0.717, 1.165) is 35.0 Å². The van der Waals surface area contributed by atoms with E-state index in [1.807, 2.05) is 25.1 Å². The van der Waals surface area contributed by atoms with E-state index < -0.39 is 5.60 Å². The van der Waals surface area contributed by atoms with Crippen molar-refractivity contribution in [3.05, 3.63) is 28.2 Å². The van der Waals surface area contributed by atoms with Gasteiger partial charge in [0.25, 0.3) is 0 Å². The molecule has 96 valence electrons. The molecule has 1 atom stereocenters. The van der Waals surface area contributed by atoms with Crippen LogP contribution >= 0.6 is 15.9 Å². The third-order valence-corrected chi connectivity index (χ3v) is 3.67. The molecule has 0 heterocycles. The van der Waals surface area contributed by atoms with Crippen molar-refractivity contribution in [3.8, 4) is 5.75 Å². The molecule has 0 aliphatic carbocycles. The van der Waals surface area contributed by atoms with E-state index in [9.17, 15) is 5.11 Å². The number of rotatable bonds is 6. The van der Waals surface area contributed by atoms with Crippen LogP contribution in [0.3, 0.4) is 0 Å². The second-order valence-electron chi connectivity index (χ2n) is 4.73. The molecule has 0 saturated heterocycles. The minimum atomic E-state index is -0.648. The summed E-state index contributed by atoms with van der Waals surface area (Å²) in [5, 5.41) is 10.3. The lowest BCUT2D eigenvalue weighted by Crippen LogP contribution is -2.27. The summed E-state index contributed by atoms with van der Waals surface area (Å²) < 4.78 is 6.23. The average Bonchev–Trinajstić information content (AvgIpc) is 2.29. The first-order valence-corrected chi connectivity index (χ1v) is 6.82. The molecule has 3 heteroatoms. The third kappa shape index (κ3) is 4.68. The Morgan fingerprint density at radius 3 is 2.71 bits per heavy atom. The van der Waals surface area contributed by atoms with E-state index >= 15 is 0 Å². The quantitative estimate of drug-likeness (QED) is 0.862. The van der Waals surface area contributed by atoms with Crippen molar-refractivity contribution in [2.75, 3.05) is 7.11 Å². The number of hydrogen-bond donors (Lipinski definition) is 1. The predicted octanol–water partition coefficient (Wildman–Crippen LogP) is 3.94. The molecule has 0 spiro atoms. The molecule has 0 bridgehead atoms. The van der Waals surface area contributed by atoms with Gasteiger partial charge in [-0.3, -0.25) is 0 Å². The average molecular weight is 301 g/mol. The van der Waals surface area contributed by atoms with E-state index in [1.165, 1.54) is 0 Å². The largest absolute Gasteiger partial charge is 0.497 e. The van der Waals surface area contributed by atoms with E-state index in [2.05, 4.69) is 22.9 Å². The van der Waals surface area contributed by atoms with Gasteiger partial charge in [-0.1, -0.05) is 35.7 Å². The Kier molecular flexibility index (Phi) is 5.47. The second kappa shape index (κ2) is 6.41. The van der Waals surface area contributed by atoms with Gasteiger partial charge in [0, 0.05) is 10.9 Å². The molecule has 0 aliphatic rings. The van der Waals surface area contributed by atoms with Gasteiger partial charge in [0.1, 0.15) is 5.75 Å². The molecule has 1 rings (SSSR count). The number of aliphatic hydroxyl groups is 1. The minimum Gasteiger partial charge on any atom is -0.497 e. The molecular weight excluding hydrogens is 280 g/mol. The second-order valence-corrected chi connectivity index (χ2v) is 5.59. The van der Waals surface area contributed by atoms with Crippen molar-refractivity contribution in [1.82, 2.24) is 0 Å². The molecule has 1 aromatic rings. The number of methoxy groups -OCH3 is 1. The molecule has 17 heavy (non-hydrogen) atoms. The van der Waals surface area contributed by atoms with Gasteiger partial charge in [0.05, 0.1) is 12.7 Å². The Hall–Kier alpha value is -0.540. The first-order chi connectivity index (χ1) is 7.98. The van der Waals surface area contributed by atoms with Crippen molar-refractivity contribution in [2.24, 2.45) is 0 Å². The SMILES string of the molecule is CCCCC(C)(O)Cc1cc(OC)ccc1Br. The molecule has 2 nitrogen and oxygen atoms in total. The van der Waals surface area contributed by atoms with Gasteiger partial charge in [-0.05, 0) is 37.1 Å². The summed E-state index contributed by atoms with van der Waals surface area (Å²) in [7, 11) is 1.66. The van der Waals surface area contributed by atoms with E-state index in [4.69, 9.17) is 4.74 Å². The lowest BCUT2D eigenvalue weighted by molar-refractivity contribution is 0.0488. The van der Waals surface area contributed by atoms with Crippen molar-refractivity contribution < 1.29 is 9.84 Å². The highest BCUT2D eigenvalue weighted by Gasteiger charge is 2.21. The summed E-state index contributed by atoms with van der Waals surface area (Å²) in [5.41, 5.74) is 0.440. The van der Waals surface area contributed by atoms with E-state index in [1.54, 1.807) is 7.11 Å². The number of ether oxygens (including phenoxy) is 1. The zero-order valence-corrected chi connectivity index (χ0v) is 12.4. The smallest absolute Gasteiger partial charge is 0.119 e. The van der Waals surface area contributed by atoms with Gasteiger partial charge in [0.15, 0.2) is 0 Å². The number of benzene rings is 1. The molecule has 1 aromatic carbocycles. The lowest BCUT2D eigenvalue weighted by atomic mass is 9.91. The zero-order valence-electron chi connectivity index (χ0n) is 10.8. The highest BCUT2D eigenvalue weighted by atomic mass is 79.9. The summed E-state index contributed by atoms with van der Waals surface area (Å²) in [4.78, 5) is 0. The minimum absolute atomic E-state index is 0.644. The Balaban J connectivity index is 2.78. The Labute approximate surface area is 112 Å². The number of halogens is 1. The predicted molar refractivity (Wildman–Crippen MR) is 74.5 cm³/mol. The standard InChI is InChI=1S/C14H21BrO2/c1-4-5-8-14(2,16)10-11-9-12(17-3)6-7-13(11)15/h6-7,9,16H,4-5,8,10H2,1-3H3. The maximum Gasteiger partial charge on any atom is 0.119 e. The highest BCUT2D eigenvalue weighted by Crippen LogP contribution is 2.28. The van der Waals surface area contributed by atoms with Crippen LogP contribution in [0.2, 0.25) is 0 Å². The van der Waals surface area contributed by atoms with Crippen LogP contribution in [-0.2, 0) is 6.42 Å². The van der Waals surface area contributed by atoms with Crippen molar-refractivity contribution in [2.45, 2.75) is 45.1 Å². The summed E-state index contributed by atoms with van der Waals surface area (Å²) in [6.07, 6.45) is 3.63. The zero-order chi connectivity index (χ0) is 12.9. The Morgan fingerprint density at radius 2 is 2.12 bits per heavy atom. The van der Waals surface area contributed by atoms with Crippen LogP contribution in [0.15, 0.2) is 22.7 Å². The molecule has 0 saturated carbocycles. The van der Waals surface area contributed by atoms with Crippen LogP contribution in [0.5, 0.6) is 5.75 Å². The molecule has 0 aliphatic heterocycles. The fraction of sp³-hybridized carbons (Fsp3) is 0.571. The first kappa shape index (κ1) is 14.5. The van der Waals surface area contributed by atoms with Crippen LogP contribution in [0, 0.1) is 0 Å². The Bertz CT molecular complexity index is 361. The summed E-state index contributed by atoms with van der Waals surface area (Å²) in [6.45, 7) is 4.03. The van der Waals surface area contributed by atoms with Crippen LogP contribution < -0.4 is 4.74 Å². The number of hydrogen-bond acceptors (Lipinski definition) is 2. The molecule has 0 amide bonds. The van der Waals surface area contributed by atoms with E-state index in [-0.39, 0.29) is 0 Å². The van der Waals surface area contributed by atoms with Gasteiger partial charge in [-0.15, -0.1) is 0 Å². The van der Waals surface area contributed by atoms with Gasteiger partial charge >= 0.3 is 0 Å². The molecule has 1 unspecified atom stereocenters. The van der Waals surface area contributed by atoms with Crippen molar-refractivity contribution in [1.29, 1.82) is 0 Å². The van der Waals surface area contributed by atoms with Crippen LogP contribution in [-0.4, -0.2) is 17.8 Å². The fourth-order valence-corrected chi connectivity index (χ4v) is 2.26. The third-order valence-electron chi connectivity index (χ3n) is 2.89. The molecule has 0 aromatic heterocycles. The van der Waals surface area contributed by atoms with Crippen LogP contribution in [0.25, 0.3) is 0 Å². The maximum absolute atomic E-state index is 10.3. The summed E-state index contributed by atoms with van der Waals surface area (Å²) in [6, 6.07) is 5.85. The topological polar surface area (TPSA) is 29.5 Å². The number of unbranched alkanes of at least 4 members (excludes halogenated alkanes) is 1. The Morgan fingerprint density at radius 1 is 1.41 bits per heavy atom. The van der Waals surface area contributed by atoms with Crippen molar-refractivity contribution in [3.63, 3.8) is 0 Å². The maximum atomic E-state index is 10.3. The van der Waals surface area contributed by atoms with E-state index in [0.29, 0.717) is 6.42 Å². The van der Waals surface area contributed by atoms with Crippen LogP contribution in [0.1, 0.15) is 38.7 Å². The molecule has 0 radical (unpaired) electrons. The van der Waals surface area contributed by atoms with Gasteiger partial charge in [-0.25, -0.2) is 0 Å². The van der Waals surface area contributed by atoms with Gasteiger partial charge in [-0.2, -0.15) is 0 Å².